The van der Waals surface area contributed by atoms with E-state index in [1.807, 2.05) is 17.9 Å². The quantitative estimate of drug-likeness (QED) is 0.725. The molecular formula is C15H20N4. The first kappa shape index (κ1) is 13.5. The van der Waals surface area contributed by atoms with Crippen molar-refractivity contribution in [1.29, 1.82) is 5.26 Å². The second-order valence-corrected chi connectivity index (χ2v) is 6.13. The number of nitriles is 1. The Bertz CT molecular complexity index is 560. The van der Waals surface area contributed by atoms with Gasteiger partial charge in [-0.1, -0.05) is 26.3 Å². The van der Waals surface area contributed by atoms with Crippen molar-refractivity contribution >= 4 is 5.82 Å². The number of aromatic nitrogens is 2. The van der Waals surface area contributed by atoms with E-state index in [0.717, 1.165) is 23.6 Å². The van der Waals surface area contributed by atoms with Gasteiger partial charge in [-0.05, 0) is 19.4 Å². The molecule has 4 nitrogen and oxygen atoms in total. The zero-order valence-corrected chi connectivity index (χ0v) is 12.2. The highest BCUT2D eigenvalue weighted by atomic mass is 15.2. The Morgan fingerprint density at radius 1 is 1.32 bits per heavy atom. The summed E-state index contributed by atoms with van der Waals surface area (Å²) in [5, 5.41) is 9.35. The molecule has 0 fully saturated rings. The van der Waals surface area contributed by atoms with Crippen LogP contribution < -0.4 is 4.90 Å². The van der Waals surface area contributed by atoms with Gasteiger partial charge in [-0.3, -0.25) is 0 Å². The fourth-order valence-corrected chi connectivity index (χ4v) is 2.23. The predicted molar refractivity (Wildman–Crippen MR) is 75.9 cm³/mol. The van der Waals surface area contributed by atoms with Gasteiger partial charge in [0.05, 0.1) is 11.8 Å². The highest BCUT2D eigenvalue weighted by molar-refractivity contribution is 5.53. The third-order valence-electron chi connectivity index (χ3n) is 3.64. The van der Waals surface area contributed by atoms with Gasteiger partial charge in [0, 0.05) is 18.0 Å². The van der Waals surface area contributed by atoms with E-state index < -0.39 is 0 Å². The summed E-state index contributed by atoms with van der Waals surface area (Å²) in [5.41, 5.74) is 3.37. The predicted octanol–water partition coefficient (Wildman–Crippen LogP) is 2.82. The van der Waals surface area contributed by atoms with E-state index in [2.05, 4.69) is 43.7 Å². The van der Waals surface area contributed by atoms with Gasteiger partial charge in [-0.15, -0.1) is 0 Å². The Labute approximate surface area is 114 Å². The highest BCUT2D eigenvalue weighted by Crippen LogP contribution is 2.30. The van der Waals surface area contributed by atoms with E-state index in [0.29, 0.717) is 0 Å². The van der Waals surface area contributed by atoms with Gasteiger partial charge in [0.15, 0.2) is 0 Å². The van der Waals surface area contributed by atoms with E-state index in [4.69, 9.17) is 0 Å². The fourth-order valence-electron chi connectivity index (χ4n) is 2.23. The van der Waals surface area contributed by atoms with Crippen LogP contribution in [-0.4, -0.2) is 22.6 Å². The molecule has 0 saturated carbocycles. The van der Waals surface area contributed by atoms with Gasteiger partial charge in [0.25, 0.3) is 0 Å². The minimum atomic E-state index is -0.206. The molecule has 0 radical (unpaired) electrons. The van der Waals surface area contributed by atoms with Gasteiger partial charge in [-0.2, -0.15) is 5.26 Å². The molecule has 0 spiro atoms. The minimum Gasteiger partial charge on any atom is -0.333 e. The normalized spacial score (nSPS) is 19.8. The van der Waals surface area contributed by atoms with Crippen molar-refractivity contribution in [1.82, 2.24) is 9.97 Å². The van der Waals surface area contributed by atoms with E-state index in [1.54, 1.807) is 6.33 Å². The van der Waals surface area contributed by atoms with Crippen LogP contribution in [0.25, 0.3) is 0 Å². The molecule has 4 heteroatoms. The first-order chi connectivity index (χ1) is 8.84. The molecule has 2 heterocycles. The molecule has 1 aliphatic rings. The second kappa shape index (κ2) is 4.65. The molecule has 1 aromatic heterocycles. The van der Waals surface area contributed by atoms with Crippen LogP contribution >= 0.6 is 0 Å². The summed E-state index contributed by atoms with van der Waals surface area (Å²) >= 11 is 0. The maximum absolute atomic E-state index is 9.35. The molecule has 0 aromatic carbocycles. The Balaban J connectivity index is 2.37. The molecule has 0 bridgehead atoms. The van der Waals surface area contributed by atoms with Crippen LogP contribution in [0.1, 0.15) is 40.3 Å². The summed E-state index contributed by atoms with van der Waals surface area (Å²) in [6.45, 7) is 11.2. The molecule has 0 aliphatic carbocycles. The van der Waals surface area contributed by atoms with Gasteiger partial charge >= 0.3 is 0 Å². The molecule has 0 saturated heterocycles. The first-order valence-electron chi connectivity index (χ1n) is 6.49. The number of hydrogen-bond acceptors (Lipinski definition) is 4. The lowest BCUT2D eigenvalue weighted by molar-refractivity contribution is 0.566. The van der Waals surface area contributed by atoms with Gasteiger partial charge in [-0.25, -0.2) is 9.97 Å². The average Bonchev–Trinajstić information content (AvgIpc) is 2.64. The minimum absolute atomic E-state index is 0.0168. The molecule has 100 valence electrons. The Kier molecular flexibility index (Phi) is 3.32. The Hall–Kier alpha value is -1.89. The van der Waals surface area contributed by atoms with Crippen LogP contribution in [0.3, 0.4) is 0 Å². The van der Waals surface area contributed by atoms with E-state index in [1.165, 1.54) is 5.57 Å². The number of hydrogen-bond donors (Lipinski definition) is 0. The van der Waals surface area contributed by atoms with Crippen molar-refractivity contribution in [3.63, 3.8) is 0 Å². The van der Waals surface area contributed by atoms with Crippen LogP contribution in [0.5, 0.6) is 0 Å². The molecule has 2 rings (SSSR count). The second-order valence-electron chi connectivity index (χ2n) is 6.13. The van der Waals surface area contributed by atoms with Gasteiger partial charge in [0.1, 0.15) is 18.2 Å². The lowest BCUT2D eigenvalue weighted by Crippen LogP contribution is -2.31. The van der Waals surface area contributed by atoms with Crippen LogP contribution in [-0.2, 0) is 5.41 Å². The maximum atomic E-state index is 9.35. The third kappa shape index (κ3) is 2.46. The molecule has 1 aliphatic heterocycles. The Morgan fingerprint density at radius 3 is 2.58 bits per heavy atom. The molecule has 1 aromatic rings. The number of anilines is 1. The summed E-state index contributed by atoms with van der Waals surface area (Å²) in [5.74, 6) is 0.836. The number of rotatable bonds is 1. The lowest BCUT2D eigenvalue weighted by atomic mass is 9.92. The van der Waals surface area contributed by atoms with Crippen LogP contribution in [0.4, 0.5) is 5.82 Å². The SMILES string of the molecule is CC1=C(C)[C@H](C#N)N(c2cc(C(C)(C)C)ncn2)C1. The third-order valence-corrected chi connectivity index (χ3v) is 3.64. The van der Waals surface area contributed by atoms with Crippen molar-refractivity contribution in [3.8, 4) is 6.07 Å². The van der Waals surface area contributed by atoms with Gasteiger partial charge in [0.2, 0.25) is 0 Å². The fraction of sp³-hybridized carbons (Fsp3) is 0.533. The molecule has 0 amide bonds. The largest absolute Gasteiger partial charge is 0.333 e. The topological polar surface area (TPSA) is 52.8 Å². The maximum Gasteiger partial charge on any atom is 0.140 e. The summed E-state index contributed by atoms with van der Waals surface area (Å²) in [7, 11) is 0. The van der Waals surface area contributed by atoms with Crippen molar-refractivity contribution in [3.05, 3.63) is 29.2 Å². The summed E-state index contributed by atoms with van der Waals surface area (Å²) in [6.07, 6.45) is 1.59. The van der Waals surface area contributed by atoms with Crippen molar-refractivity contribution in [2.24, 2.45) is 0 Å². The zero-order chi connectivity index (χ0) is 14.2. The number of nitrogens with zero attached hydrogens (tertiary/aromatic N) is 4. The van der Waals surface area contributed by atoms with Crippen LogP contribution in [0.2, 0.25) is 0 Å². The summed E-state index contributed by atoms with van der Waals surface area (Å²) in [6, 6.07) is 4.15. The zero-order valence-electron chi connectivity index (χ0n) is 12.2. The van der Waals surface area contributed by atoms with E-state index in [-0.39, 0.29) is 11.5 Å². The van der Waals surface area contributed by atoms with Gasteiger partial charge < -0.3 is 4.90 Å². The first-order valence-corrected chi connectivity index (χ1v) is 6.49. The Morgan fingerprint density at radius 2 is 2.00 bits per heavy atom. The standard InChI is InChI=1S/C15H20N4/c1-10-8-19(12(7-16)11(10)2)14-6-13(15(3,4)5)17-9-18-14/h6,9,12H,8H2,1-5H3/t12-/m0/s1. The molecule has 19 heavy (non-hydrogen) atoms. The van der Waals surface area contributed by atoms with Crippen LogP contribution in [0, 0.1) is 11.3 Å². The van der Waals surface area contributed by atoms with Crippen LogP contribution in [0.15, 0.2) is 23.5 Å². The summed E-state index contributed by atoms with van der Waals surface area (Å²) < 4.78 is 0. The van der Waals surface area contributed by atoms with E-state index in [9.17, 15) is 5.26 Å². The lowest BCUT2D eigenvalue weighted by Gasteiger charge is -2.24. The van der Waals surface area contributed by atoms with Crippen molar-refractivity contribution < 1.29 is 0 Å². The highest BCUT2D eigenvalue weighted by Gasteiger charge is 2.30. The summed E-state index contributed by atoms with van der Waals surface area (Å²) in [4.78, 5) is 10.7. The molecule has 1 atom stereocenters. The molecular weight excluding hydrogens is 236 g/mol. The van der Waals surface area contributed by atoms with Crippen molar-refractivity contribution in [2.45, 2.75) is 46.1 Å². The molecule has 0 unspecified atom stereocenters. The molecule has 0 N–H and O–H groups in total. The van der Waals surface area contributed by atoms with Crippen molar-refractivity contribution in [2.75, 3.05) is 11.4 Å². The van der Waals surface area contributed by atoms with E-state index >= 15 is 0 Å². The smallest absolute Gasteiger partial charge is 0.140 e. The monoisotopic (exact) mass is 256 g/mol. The average molecular weight is 256 g/mol.